The molecule has 0 unspecified atom stereocenters. The average Bonchev–Trinajstić information content (AvgIpc) is 3.38. The molecule has 5 rings (SSSR count). The summed E-state index contributed by atoms with van der Waals surface area (Å²) in [5.74, 6) is -1.34. The Kier molecular flexibility index (Phi) is 8.29. The van der Waals surface area contributed by atoms with Crippen LogP contribution in [0.5, 0.6) is 0 Å². The highest BCUT2D eigenvalue weighted by Crippen LogP contribution is 2.37. The van der Waals surface area contributed by atoms with Gasteiger partial charge in [-0.2, -0.15) is 26.3 Å². The number of piperazine rings is 1. The first kappa shape index (κ1) is 30.2. The number of halogens is 7. The van der Waals surface area contributed by atoms with E-state index in [1.807, 2.05) is 24.3 Å². The number of amides is 2. The summed E-state index contributed by atoms with van der Waals surface area (Å²) >= 11 is 5.91. The van der Waals surface area contributed by atoms with Gasteiger partial charge in [-0.1, -0.05) is 41.9 Å². The van der Waals surface area contributed by atoms with E-state index in [1.54, 1.807) is 36.5 Å². The Bertz CT molecular complexity index is 1650. The van der Waals surface area contributed by atoms with E-state index in [0.717, 1.165) is 22.0 Å². The third-order valence-corrected chi connectivity index (χ3v) is 7.56. The average molecular weight is 620 g/mol. The van der Waals surface area contributed by atoms with Crippen molar-refractivity contribution in [2.24, 2.45) is 0 Å². The molecule has 0 radical (unpaired) electrons. The van der Waals surface area contributed by atoms with Crippen LogP contribution >= 0.6 is 11.6 Å². The van der Waals surface area contributed by atoms with Crippen molar-refractivity contribution >= 4 is 40.4 Å². The van der Waals surface area contributed by atoms with Gasteiger partial charge in [0.2, 0.25) is 5.91 Å². The van der Waals surface area contributed by atoms with E-state index in [0.29, 0.717) is 17.2 Å². The molecule has 5 nitrogen and oxygen atoms in total. The Morgan fingerprint density at radius 1 is 0.907 bits per heavy atom. The second-order valence-corrected chi connectivity index (χ2v) is 10.6. The number of carbonyl (C=O) groups excluding carboxylic acids is 2. The molecule has 0 saturated carbocycles. The third-order valence-electron chi connectivity index (χ3n) is 7.31. The van der Waals surface area contributed by atoms with Crippen LogP contribution in [0.1, 0.15) is 32.6 Å². The maximum Gasteiger partial charge on any atom is 0.416 e. The van der Waals surface area contributed by atoms with Crippen molar-refractivity contribution in [3.63, 3.8) is 0 Å². The molecule has 12 heteroatoms. The summed E-state index contributed by atoms with van der Waals surface area (Å²) in [6.07, 6.45) is -5.29. The molecule has 1 N–H and O–H groups in total. The minimum absolute atomic E-state index is 0.0101. The van der Waals surface area contributed by atoms with Gasteiger partial charge in [0, 0.05) is 53.4 Å². The van der Waals surface area contributed by atoms with Crippen molar-refractivity contribution in [1.82, 2.24) is 14.8 Å². The molecular weight excluding hydrogens is 596 g/mol. The Morgan fingerprint density at radius 2 is 1.56 bits per heavy atom. The van der Waals surface area contributed by atoms with Crippen LogP contribution < -0.4 is 0 Å². The first-order valence-corrected chi connectivity index (χ1v) is 13.6. The zero-order chi connectivity index (χ0) is 30.9. The van der Waals surface area contributed by atoms with Gasteiger partial charge in [-0.15, -0.1) is 0 Å². The van der Waals surface area contributed by atoms with Crippen LogP contribution in [-0.2, 0) is 23.6 Å². The first-order valence-electron chi connectivity index (χ1n) is 13.2. The molecule has 1 saturated heterocycles. The van der Waals surface area contributed by atoms with E-state index in [1.165, 1.54) is 15.9 Å². The highest BCUT2D eigenvalue weighted by molar-refractivity contribution is 6.30. The van der Waals surface area contributed by atoms with Crippen LogP contribution in [0.4, 0.5) is 26.3 Å². The van der Waals surface area contributed by atoms with Crippen LogP contribution in [-0.4, -0.2) is 52.3 Å². The van der Waals surface area contributed by atoms with E-state index in [9.17, 15) is 35.9 Å². The molecule has 224 valence electrons. The largest absolute Gasteiger partial charge is 0.416 e. The van der Waals surface area contributed by atoms with Gasteiger partial charge < -0.3 is 14.8 Å². The number of nitrogens with one attached hydrogen (secondary N) is 1. The van der Waals surface area contributed by atoms with Gasteiger partial charge in [0.25, 0.3) is 5.91 Å². The van der Waals surface area contributed by atoms with Crippen molar-refractivity contribution in [3.8, 4) is 0 Å². The Morgan fingerprint density at radius 3 is 2.21 bits per heavy atom. The fourth-order valence-corrected chi connectivity index (χ4v) is 5.27. The molecule has 1 fully saturated rings. The summed E-state index contributed by atoms with van der Waals surface area (Å²) in [5, 5.41) is 1.38. The number of benzene rings is 3. The second-order valence-electron chi connectivity index (χ2n) is 10.2. The fourth-order valence-electron chi connectivity index (χ4n) is 5.14. The lowest BCUT2D eigenvalue weighted by Gasteiger charge is -2.41. The first-order chi connectivity index (χ1) is 20.3. The number of alkyl halides is 6. The lowest BCUT2D eigenvalue weighted by atomic mass is 9.98. The summed E-state index contributed by atoms with van der Waals surface area (Å²) in [5.41, 5.74) is -1.54. The van der Waals surface area contributed by atoms with Crippen LogP contribution in [0.15, 0.2) is 79.0 Å². The highest BCUT2D eigenvalue weighted by Gasteiger charge is 2.39. The van der Waals surface area contributed by atoms with Gasteiger partial charge in [0.1, 0.15) is 0 Å². The predicted octanol–water partition coefficient (Wildman–Crippen LogP) is 7.47. The normalized spacial score (nSPS) is 16.3. The standard InChI is InChI=1S/C31H24ClF6N3O2/c32-24-8-5-19(6-9-24)7-10-28(42)40-11-12-41(25(18-40)15-21-17-39-27-4-2-1-3-26(21)27)29(43)20-13-22(30(33,34)35)16-23(14-20)31(36,37)38/h1-10,13-14,16-17,25,39H,11-12,15,18H2/b10-7+/t25-/m1/s1. The number of aromatic amines is 1. The number of nitrogens with zero attached hydrogens (tertiary/aromatic N) is 2. The molecular formula is C31H24ClF6N3O2. The number of rotatable bonds is 5. The van der Waals surface area contributed by atoms with Gasteiger partial charge in [-0.3, -0.25) is 9.59 Å². The minimum Gasteiger partial charge on any atom is -0.361 e. The van der Waals surface area contributed by atoms with Crippen molar-refractivity contribution in [2.45, 2.75) is 24.8 Å². The molecule has 2 amide bonds. The SMILES string of the molecule is O=C(/C=C/c1ccc(Cl)cc1)N1CCN(C(=O)c2cc(C(F)(F)F)cc(C(F)(F)F)c2)[C@H](Cc2c[nH]c3ccccc23)C1. The van der Waals surface area contributed by atoms with E-state index >= 15 is 0 Å². The van der Waals surface area contributed by atoms with Gasteiger partial charge in [0.05, 0.1) is 17.2 Å². The number of hydrogen-bond acceptors (Lipinski definition) is 2. The Labute approximate surface area is 247 Å². The number of aromatic nitrogens is 1. The van der Waals surface area contributed by atoms with Crippen LogP contribution in [0.2, 0.25) is 5.02 Å². The zero-order valence-electron chi connectivity index (χ0n) is 22.3. The summed E-state index contributed by atoms with van der Waals surface area (Å²) < 4.78 is 81.1. The number of para-hydroxylation sites is 1. The fraction of sp³-hybridized carbons (Fsp3) is 0.226. The van der Waals surface area contributed by atoms with E-state index < -0.39 is 41.0 Å². The highest BCUT2D eigenvalue weighted by atomic mass is 35.5. The number of fused-ring (bicyclic) bond motifs is 1. The quantitative estimate of drug-likeness (QED) is 0.186. The van der Waals surface area contributed by atoms with Crippen LogP contribution in [0, 0.1) is 0 Å². The summed E-state index contributed by atoms with van der Waals surface area (Å²) in [6, 6.07) is 14.3. The molecule has 1 aliphatic rings. The molecule has 1 aliphatic heterocycles. The third kappa shape index (κ3) is 6.88. The summed E-state index contributed by atoms with van der Waals surface area (Å²) in [4.78, 5) is 32.6. The summed E-state index contributed by atoms with van der Waals surface area (Å²) in [6.45, 7) is -0.0465. The molecule has 1 aromatic heterocycles. The van der Waals surface area contributed by atoms with Crippen molar-refractivity contribution in [2.75, 3.05) is 19.6 Å². The topological polar surface area (TPSA) is 56.4 Å². The van der Waals surface area contributed by atoms with Gasteiger partial charge in [-0.25, -0.2) is 0 Å². The van der Waals surface area contributed by atoms with Crippen molar-refractivity contribution in [3.05, 3.63) is 112 Å². The lowest BCUT2D eigenvalue weighted by molar-refractivity contribution is -0.143. The molecule has 2 heterocycles. The lowest BCUT2D eigenvalue weighted by Crippen LogP contribution is -2.57. The zero-order valence-corrected chi connectivity index (χ0v) is 23.1. The Hall–Kier alpha value is -4.25. The van der Waals surface area contributed by atoms with Crippen molar-refractivity contribution < 1.29 is 35.9 Å². The molecule has 1 atom stereocenters. The van der Waals surface area contributed by atoms with E-state index in [-0.39, 0.29) is 38.0 Å². The van der Waals surface area contributed by atoms with Crippen LogP contribution in [0.25, 0.3) is 17.0 Å². The Balaban J connectivity index is 1.46. The molecule has 0 spiro atoms. The van der Waals surface area contributed by atoms with Crippen LogP contribution in [0.3, 0.4) is 0 Å². The minimum atomic E-state index is -5.10. The van der Waals surface area contributed by atoms with Gasteiger partial charge >= 0.3 is 12.4 Å². The smallest absolute Gasteiger partial charge is 0.361 e. The second kappa shape index (κ2) is 11.8. The maximum atomic E-state index is 13.6. The van der Waals surface area contributed by atoms with E-state index in [2.05, 4.69) is 4.98 Å². The predicted molar refractivity (Wildman–Crippen MR) is 150 cm³/mol. The molecule has 43 heavy (non-hydrogen) atoms. The molecule has 0 bridgehead atoms. The number of hydrogen-bond donors (Lipinski definition) is 1. The van der Waals surface area contributed by atoms with Gasteiger partial charge in [0.15, 0.2) is 0 Å². The van der Waals surface area contributed by atoms with Crippen molar-refractivity contribution in [1.29, 1.82) is 0 Å². The maximum absolute atomic E-state index is 13.6. The molecule has 3 aromatic carbocycles. The molecule has 4 aromatic rings. The van der Waals surface area contributed by atoms with Gasteiger partial charge in [-0.05, 0) is 60.0 Å². The number of H-pyrrole nitrogens is 1. The monoisotopic (exact) mass is 619 g/mol. The summed E-state index contributed by atoms with van der Waals surface area (Å²) in [7, 11) is 0. The molecule has 0 aliphatic carbocycles. The van der Waals surface area contributed by atoms with E-state index in [4.69, 9.17) is 11.6 Å². The number of carbonyl (C=O) groups is 2.